The van der Waals surface area contributed by atoms with Gasteiger partial charge in [-0.25, -0.2) is 4.98 Å². The van der Waals surface area contributed by atoms with Gasteiger partial charge in [-0.2, -0.15) is 0 Å². The zero-order valence-electron chi connectivity index (χ0n) is 13.8. The zero-order chi connectivity index (χ0) is 16.2. The smallest absolute Gasteiger partial charge is 0.251 e. The summed E-state index contributed by atoms with van der Waals surface area (Å²) in [4.78, 5) is 33.3. The van der Waals surface area contributed by atoms with Gasteiger partial charge in [0.05, 0.1) is 18.2 Å². The number of H-pyrrole nitrogens is 1. The number of amides is 1. The molecule has 6 nitrogen and oxygen atoms in total. The highest BCUT2D eigenvalue weighted by Gasteiger charge is 2.30. The highest BCUT2D eigenvalue weighted by Crippen LogP contribution is 2.27. The molecule has 6 heteroatoms. The van der Waals surface area contributed by atoms with Gasteiger partial charge in [0.15, 0.2) is 0 Å². The van der Waals surface area contributed by atoms with Gasteiger partial charge >= 0.3 is 0 Å². The zero-order valence-corrected chi connectivity index (χ0v) is 13.8. The molecule has 3 rings (SSSR count). The highest BCUT2D eigenvalue weighted by molar-refractivity contribution is 5.78. The molecule has 0 spiro atoms. The summed E-state index contributed by atoms with van der Waals surface area (Å²) in [7, 11) is 0. The van der Waals surface area contributed by atoms with Gasteiger partial charge in [-0.1, -0.05) is 12.8 Å². The van der Waals surface area contributed by atoms with Gasteiger partial charge in [0.25, 0.3) is 5.56 Å². The quantitative estimate of drug-likeness (QED) is 0.878. The Balaban J connectivity index is 1.54. The summed E-state index contributed by atoms with van der Waals surface area (Å²) in [5.41, 5.74) is 0.440. The van der Waals surface area contributed by atoms with E-state index in [0.29, 0.717) is 24.1 Å². The molecule has 126 valence electrons. The van der Waals surface area contributed by atoms with Crippen LogP contribution in [-0.4, -0.2) is 39.9 Å². The third-order valence-electron chi connectivity index (χ3n) is 5.02. The normalized spacial score (nSPS) is 23.1. The number of hydrogen-bond acceptors (Lipinski definition) is 4. The SMILES string of the molecule is Cc1nc(CNC(=O)[C@H]2CCCN(C3CCCC3)C2)cc(=O)[nH]1. The molecule has 1 aromatic rings. The van der Waals surface area contributed by atoms with Crippen molar-refractivity contribution in [3.8, 4) is 0 Å². The van der Waals surface area contributed by atoms with Crippen molar-refractivity contribution in [2.45, 2.75) is 58.0 Å². The van der Waals surface area contributed by atoms with E-state index in [1.165, 1.54) is 31.7 Å². The summed E-state index contributed by atoms with van der Waals surface area (Å²) in [6.45, 7) is 4.07. The average Bonchev–Trinajstić information content (AvgIpc) is 3.06. The Labute approximate surface area is 136 Å². The van der Waals surface area contributed by atoms with Crippen molar-refractivity contribution < 1.29 is 4.79 Å². The number of aromatic amines is 1. The van der Waals surface area contributed by atoms with Crippen LogP contribution in [-0.2, 0) is 11.3 Å². The predicted molar refractivity (Wildman–Crippen MR) is 88.0 cm³/mol. The van der Waals surface area contributed by atoms with Crippen LogP contribution in [0.4, 0.5) is 0 Å². The van der Waals surface area contributed by atoms with E-state index in [1.807, 2.05) is 0 Å². The molecule has 2 heterocycles. The standard InChI is InChI=1S/C17H26N4O2/c1-12-19-14(9-16(22)20-12)10-18-17(23)13-5-4-8-21(11-13)15-6-2-3-7-15/h9,13,15H,2-8,10-11H2,1H3,(H,18,23)(H,19,20,22)/t13-/m0/s1. The monoisotopic (exact) mass is 318 g/mol. The number of nitrogens with zero attached hydrogens (tertiary/aromatic N) is 2. The van der Waals surface area contributed by atoms with E-state index in [0.717, 1.165) is 25.9 Å². The fraction of sp³-hybridized carbons (Fsp3) is 0.706. The molecule has 2 fully saturated rings. The summed E-state index contributed by atoms with van der Waals surface area (Å²) in [6, 6.07) is 2.13. The fourth-order valence-corrected chi connectivity index (χ4v) is 3.88. The maximum Gasteiger partial charge on any atom is 0.251 e. The Morgan fingerprint density at radius 1 is 1.35 bits per heavy atom. The van der Waals surface area contributed by atoms with E-state index in [-0.39, 0.29) is 17.4 Å². The lowest BCUT2D eigenvalue weighted by atomic mass is 9.95. The second kappa shape index (κ2) is 7.25. The van der Waals surface area contributed by atoms with Gasteiger partial charge in [0.2, 0.25) is 5.91 Å². The van der Waals surface area contributed by atoms with Crippen molar-refractivity contribution in [3.63, 3.8) is 0 Å². The molecule has 1 aromatic heterocycles. The van der Waals surface area contributed by atoms with Crippen molar-refractivity contribution in [2.75, 3.05) is 13.1 Å². The van der Waals surface area contributed by atoms with Crippen LogP contribution in [0, 0.1) is 12.8 Å². The van der Waals surface area contributed by atoms with Crippen molar-refractivity contribution >= 4 is 5.91 Å². The highest BCUT2D eigenvalue weighted by atomic mass is 16.2. The van der Waals surface area contributed by atoms with Crippen LogP contribution in [0.3, 0.4) is 0 Å². The maximum atomic E-state index is 12.5. The van der Waals surface area contributed by atoms with Crippen LogP contribution in [0.2, 0.25) is 0 Å². The van der Waals surface area contributed by atoms with Crippen LogP contribution >= 0.6 is 0 Å². The molecule has 0 radical (unpaired) electrons. The van der Waals surface area contributed by atoms with E-state index >= 15 is 0 Å². The lowest BCUT2D eigenvalue weighted by molar-refractivity contribution is -0.127. The van der Waals surface area contributed by atoms with Crippen molar-refractivity contribution in [1.29, 1.82) is 0 Å². The average molecular weight is 318 g/mol. The molecule has 2 N–H and O–H groups in total. The summed E-state index contributed by atoms with van der Waals surface area (Å²) in [6.07, 6.45) is 7.26. The fourth-order valence-electron chi connectivity index (χ4n) is 3.88. The first-order chi connectivity index (χ1) is 11.1. The number of aromatic nitrogens is 2. The van der Waals surface area contributed by atoms with Crippen LogP contribution in [0.25, 0.3) is 0 Å². The number of nitrogens with one attached hydrogen (secondary N) is 2. The van der Waals surface area contributed by atoms with Crippen molar-refractivity contribution in [2.24, 2.45) is 5.92 Å². The Hall–Kier alpha value is -1.69. The molecule has 0 bridgehead atoms. The topological polar surface area (TPSA) is 78.1 Å². The lowest BCUT2D eigenvalue weighted by Gasteiger charge is -2.36. The second-order valence-corrected chi connectivity index (χ2v) is 6.81. The molecule has 0 unspecified atom stereocenters. The molecule has 1 atom stereocenters. The van der Waals surface area contributed by atoms with E-state index < -0.39 is 0 Å². The maximum absolute atomic E-state index is 12.5. The minimum Gasteiger partial charge on any atom is -0.350 e. The summed E-state index contributed by atoms with van der Waals surface area (Å²) >= 11 is 0. The summed E-state index contributed by atoms with van der Waals surface area (Å²) < 4.78 is 0. The Morgan fingerprint density at radius 2 is 2.13 bits per heavy atom. The molecule has 2 aliphatic rings. The molecule has 0 aromatic carbocycles. The van der Waals surface area contributed by atoms with Crippen molar-refractivity contribution in [3.05, 3.63) is 27.9 Å². The first-order valence-corrected chi connectivity index (χ1v) is 8.70. The minimum atomic E-state index is -0.174. The second-order valence-electron chi connectivity index (χ2n) is 6.81. The van der Waals surface area contributed by atoms with Gasteiger partial charge in [-0.05, 0) is 39.2 Å². The van der Waals surface area contributed by atoms with E-state index in [1.54, 1.807) is 6.92 Å². The van der Waals surface area contributed by atoms with Crippen molar-refractivity contribution in [1.82, 2.24) is 20.2 Å². The first kappa shape index (κ1) is 16.2. The largest absolute Gasteiger partial charge is 0.350 e. The number of likely N-dealkylation sites (tertiary alicyclic amines) is 1. The van der Waals surface area contributed by atoms with E-state index in [2.05, 4.69) is 20.2 Å². The molecular formula is C17H26N4O2. The third-order valence-corrected chi connectivity index (χ3v) is 5.02. The van der Waals surface area contributed by atoms with E-state index in [4.69, 9.17) is 0 Å². The van der Waals surface area contributed by atoms with Crippen LogP contribution in [0.15, 0.2) is 10.9 Å². The summed E-state index contributed by atoms with van der Waals surface area (Å²) in [5.74, 6) is 0.728. The van der Waals surface area contributed by atoms with Crippen LogP contribution < -0.4 is 10.9 Å². The van der Waals surface area contributed by atoms with Crippen LogP contribution in [0.1, 0.15) is 50.0 Å². The number of carbonyl (C=O) groups excluding carboxylic acids is 1. The number of rotatable bonds is 4. The summed E-state index contributed by atoms with van der Waals surface area (Å²) in [5, 5.41) is 2.95. The Kier molecular flexibility index (Phi) is 5.10. The molecular weight excluding hydrogens is 292 g/mol. The van der Waals surface area contributed by atoms with Gasteiger partial charge in [0.1, 0.15) is 5.82 Å². The van der Waals surface area contributed by atoms with Gasteiger partial charge in [-0.3, -0.25) is 14.5 Å². The number of carbonyl (C=O) groups is 1. The van der Waals surface area contributed by atoms with Gasteiger partial charge in [-0.15, -0.1) is 0 Å². The number of piperidine rings is 1. The minimum absolute atomic E-state index is 0.0624. The molecule has 1 aliphatic heterocycles. The first-order valence-electron chi connectivity index (χ1n) is 8.70. The Morgan fingerprint density at radius 3 is 2.87 bits per heavy atom. The lowest BCUT2D eigenvalue weighted by Crippen LogP contribution is -2.46. The van der Waals surface area contributed by atoms with Gasteiger partial charge < -0.3 is 10.3 Å². The third kappa shape index (κ3) is 4.19. The van der Waals surface area contributed by atoms with Crippen LogP contribution in [0.5, 0.6) is 0 Å². The van der Waals surface area contributed by atoms with E-state index in [9.17, 15) is 9.59 Å². The molecule has 1 aliphatic carbocycles. The van der Waals surface area contributed by atoms with Gasteiger partial charge in [0, 0.05) is 18.7 Å². The number of hydrogen-bond donors (Lipinski definition) is 2. The number of aryl methyl sites for hydroxylation is 1. The molecule has 1 saturated carbocycles. The predicted octanol–water partition coefficient (Wildman–Crippen LogP) is 1.35. The molecule has 1 saturated heterocycles. The molecule has 1 amide bonds. The molecule has 23 heavy (non-hydrogen) atoms. The Bertz CT molecular complexity index is 607.